The molecule has 0 aliphatic heterocycles. The Labute approximate surface area is 148 Å². The van der Waals surface area contributed by atoms with Gasteiger partial charge in [0.2, 0.25) is 5.95 Å². The molecule has 140 valence electrons. The number of aromatic amines is 1. The zero-order valence-corrected chi connectivity index (χ0v) is 15.5. The molecule has 0 aliphatic carbocycles. The summed E-state index contributed by atoms with van der Waals surface area (Å²) in [5, 5.41) is 0. The van der Waals surface area contributed by atoms with Crippen molar-refractivity contribution in [2.75, 3.05) is 5.73 Å². The third-order valence-corrected chi connectivity index (χ3v) is 4.77. The molecule has 0 aromatic carbocycles. The van der Waals surface area contributed by atoms with E-state index < -0.39 is 11.2 Å². The third-order valence-electron chi connectivity index (χ3n) is 4.77. The van der Waals surface area contributed by atoms with Crippen molar-refractivity contribution < 1.29 is 0 Å². The minimum atomic E-state index is -0.471. The summed E-state index contributed by atoms with van der Waals surface area (Å²) in [4.78, 5) is 30.2. The first-order valence-electron chi connectivity index (χ1n) is 9.51. The number of hydrogen-bond donors (Lipinski definition) is 2. The molecule has 0 atom stereocenters. The van der Waals surface area contributed by atoms with Crippen LogP contribution in [0.3, 0.4) is 0 Å². The van der Waals surface area contributed by atoms with Gasteiger partial charge < -0.3 is 10.3 Å². The summed E-state index contributed by atoms with van der Waals surface area (Å²) >= 11 is 0. The van der Waals surface area contributed by atoms with Crippen LogP contribution in [0, 0.1) is 0 Å². The SMILES string of the molecule is CCCCCCCCCCCCn1c(N)nc2c1c(=O)[nH]c(=O)n2C. The Bertz CT molecular complexity index is 787. The smallest absolute Gasteiger partial charge is 0.329 e. The quantitative estimate of drug-likeness (QED) is 0.609. The van der Waals surface area contributed by atoms with E-state index in [0.717, 1.165) is 12.8 Å². The fraction of sp³-hybridized carbons (Fsp3) is 0.722. The van der Waals surface area contributed by atoms with Gasteiger partial charge in [0.15, 0.2) is 11.2 Å². The topological polar surface area (TPSA) is 98.7 Å². The predicted molar refractivity (Wildman–Crippen MR) is 102 cm³/mol. The van der Waals surface area contributed by atoms with Gasteiger partial charge in [-0.2, -0.15) is 4.98 Å². The first-order chi connectivity index (χ1) is 12.1. The van der Waals surface area contributed by atoms with Gasteiger partial charge in [0.1, 0.15) is 0 Å². The van der Waals surface area contributed by atoms with Crippen molar-refractivity contribution >= 4 is 17.1 Å². The second-order valence-electron chi connectivity index (χ2n) is 6.79. The Morgan fingerprint density at radius 2 is 1.52 bits per heavy atom. The van der Waals surface area contributed by atoms with Crippen LogP contribution in [-0.4, -0.2) is 19.1 Å². The van der Waals surface area contributed by atoms with Gasteiger partial charge in [-0.3, -0.25) is 14.3 Å². The maximum absolute atomic E-state index is 12.1. The molecule has 0 amide bonds. The number of aryl methyl sites for hydroxylation is 2. The molecule has 7 heteroatoms. The molecule has 7 nitrogen and oxygen atoms in total. The number of nitrogen functional groups attached to an aromatic ring is 1. The van der Waals surface area contributed by atoms with E-state index in [9.17, 15) is 9.59 Å². The van der Waals surface area contributed by atoms with E-state index in [1.165, 1.54) is 55.9 Å². The first kappa shape index (κ1) is 19.3. The molecular formula is C18H31N5O2. The van der Waals surface area contributed by atoms with E-state index in [4.69, 9.17) is 5.73 Å². The molecule has 0 radical (unpaired) electrons. The molecule has 2 aromatic heterocycles. The molecule has 3 N–H and O–H groups in total. The van der Waals surface area contributed by atoms with E-state index in [2.05, 4.69) is 16.9 Å². The number of nitrogens with zero attached hydrogens (tertiary/aromatic N) is 3. The molecule has 0 saturated carbocycles. The molecule has 0 spiro atoms. The maximum atomic E-state index is 12.1. The minimum Gasteiger partial charge on any atom is -0.369 e. The second kappa shape index (κ2) is 9.44. The highest BCUT2D eigenvalue weighted by molar-refractivity contribution is 5.73. The molecule has 0 aliphatic rings. The van der Waals surface area contributed by atoms with Crippen molar-refractivity contribution in [3.05, 3.63) is 20.8 Å². The van der Waals surface area contributed by atoms with Gasteiger partial charge >= 0.3 is 5.69 Å². The summed E-state index contributed by atoms with van der Waals surface area (Å²) in [5.41, 5.74) is 5.78. The van der Waals surface area contributed by atoms with Gasteiger partial charge in [0.25, 0.3) is 5.56 Å². The number of aromatic nitrogens is 4. The number of H-pyrrole nitrogens is 1. The molecule has 0 bridgehead atoms. The molecule has 0 unspecified atom stereocenters. The number of anilines is 1. The number of rotatable bonds is 11. The average Bonchev–Trinajstić information content (AvgIpc) is 2.92. The standard InChI is InChI=1S/C18H31N5O2/c1-3-4-5-6-7-8-9-10-11-12-13-23-14-15(20-17(23)19)22(2)18(25)21-16(14)24/h3-13H2,1-2H3,(H2,19,20)(H,21,24,25). The highest BCUT2D eigenvalue weighted by atomic mass is 16.2. The summed E-state index contributed by atoms with van der Waals surface area (Å²) in [6.07, 6.45) is 12.5. The summed E-state index contributed by atoms with van der Waals surface area (Å²) in [7, 11) is 1.58. The Morgan fingerprint density at radius 1 is 0.960 bits per heavy atom. The number of imidazole rings is 1. The molecule has 0 fully saturated rings. The third kappa shape index (κ3) is 4.96. The van der Waals surface area contributed by atoms with Crippen LogP contribution < -0.4 is 17.0 Å². The number of fused-ring (bicyclic) bond motifs is 1. The normalized spacial score (nSPS) is 11.4. The Hall–Kier alpha value is -2.05. The van der Waals surface area contributed by atoms with Gasteiger partial charge in [0.05, 0.1) is 0 Å². The highest BCUT2D eigenvalue weighted by Gasteiger charge is 2.14. The second-order valence-corrected chi connectivity index (χ2v) is 6.79. The summed E-state index contributed by atoms with van der Waals surface area (Å²) in [6.45, 7) is 2.89. The number of nitrogens with two attached hydrogens (primary N) is 1. The van der Waals surface area contributed by atoms with Crippen molar-refractivity contribution in [1.82, 2.24) is 19.1 Å². The van der Waals surface area contributed by atoms with Crippen LogP contribution in [0.25, 0.3) is 11.2 Å². The van der Waals surface area contributed by atoms with Crippen molar-refractivity contribution in [3.8, 4) is 0 Å². The molecular weight excluding hydrogens is 318 g/mol. The Balaban J connectivity index is 1.80. The zero-order valence-electron chi connectivity index (χ0n) is 15.5. The van der Waals surface area contributed by atoms with Gasteiger partial charge in [-0.15, -0.1) is 0 Å². The zero-order chi connectivity index (χ0) is 18.2. The van der Waals surface area contributed by atoms with Gasteiger partial charge in [0, 0.05) is 13.6 Å². The molecule has 0 saturated heterocycles. The monoisotopic (exact) mass is 349 g/mol. The van der Waals surface area contributed by atoms with Crippen molar-refractivity contribution in [3.63, 3.8) is 0 Å². The number of unbranched alkanes of at least 4 members (excludes halogenated alkanes) is 9. The van der Waals surface area contributed by atoms with E-state index in [1.54, 1.807) is 11.6 Å². The molecule has 25 heavy (non-hydrogen) atoms. The number of hydrogen-bond acceptors (Lipinski definition) is 4. The van der Waals surface area contributed by atoms with E-state index >= 15 is 0 Å². The van der Waals surface area contributed by atoms with Crippen LogP contribution in [0.1, 0.15) is 71.1 Å². The molecule has 2 aromatic rings. The molecule has 2 heterocycles. The lowest BCUT2D eigenvalue weighted by atomic mass is 10.1. The fourth-order valence-electron chi connectivity index (χ4n) is 3.24. The van der Waals surface area contributed by atoms with Crippen LogP contribution in [0.15, 0.2) is 9.59 Å². The summed E-state index contributed by atoms with van der Waals surface area (Å²) in [6, 6.07) is 0. The lowest BCUT2D eigenvalue weighted by Crippen LogP contribution is -2.29. The summed E-state index contributed by atoms with van der Waals surface area (Å²) in [5.74, 6) is 0.289. The van der Waals surface area contributed by atoms with Crippen LogP contribution in [0.2, 0.25) is 0 Å². The predicted octanol–water partition coefficient (Wildman–Crippen LogP) is 2.93. The minimum absolute atomic E-state index is 0.289. The van der Waals surface area contributed by atoms with Gasteiger partial charge in [-0.25, -0.2) is 4.79 Å². The lowest BCUT2D eigenvalue weighted by molar-refractivity contribution is 0.539. The Morgan fingerprint density at radius 3 is 2.12 bits per heavy atom. The first-order valence-corrected chi connectivity index (χ1v) is 9.51. The van der Waals surface area contributed by atoms with Crippen molar-refractivity contribution in [2.45, 2.75) is 77.7 Å². The Kier molecular flexibility index (Phi) is 7.28. The van der Waals surface area contributed by atoms with Gasteiger partial charge in [-0.05, 0) is 6.42 Å². The number of nitrogens with one attached hydrogen (secondary N) is 1. The van der Waals surface area contributed by atoms with Gasteiger partial charge in [-0.1, -0.05) is 64.7 Å². The fourth-order valence-corrected chi connectivity index (χ4v) is 3.24. The van der Waals surface area contributed by atoms with E-state index in [0.29, 0.717) is 17.7 Å². The molecule has 2 rings (SSSR count). The van der Waals surface area contributed by atoms with E-state index in [1.807, 2.05) is 0 Å². The summed E-state index contributed by atoms with van der Waals surface area (Å²) < 4.78 is 3.04. The largest absolute Gasteiger partial charge is 0.369 e. The van der Waals surface area contributed by atoms with Crippen molar-refractivity contribution in [2.24, 2.45) is 7.05 Å². The van der Waals surface area contributed by atoms with Crippen LogP contribution >= 0.6 is 0 Å². The highest BCUT2D eigenvalue weighted by Crippen LogP contribution is 2.15. The maximum Gasteiger partial charge on any atom is 0.329 e. The lowest BCUT2D eigenvalue weighted by Gasteiger charge is -2.06. The van der Waals surface area contributed by atoms with Crippen LogP contribution in [-0.2, 0) is 13.6 Å². The van der Waals surface area contributed by atoms with Crippen LogP contribution in [0.5, 0.6) is 0 Å². The van der Waals surface area contributed by atoms with Crippen molar-refractivity contribution in [1.29, 1.82) is 0 Å². The average molecular weight is 349 g/mol. The van der Waals surface area contributed by atoms with Crippen LogP contribution in [0.4, 0.5) is 5.95 Å². The van der Waals surface area contributed by atoms with E-state index in [-0.39, 0.29) is 5.95 Å².